The van der Waals surface area contributed by atoms with E-state index in [0.29, 0.717) is 24.6 Å². The highest BCUT2D eigenvalue weighted by atomic mass is 16.5. The molecule has 2 heterocycles. The maximum atomic E-state index is 9.74. The van der Waals surface area contributed by atoms with Crippen LogP contribution in [-0.4, -0.2) is 56.8 Å². The van der Waals surface area contributed by atoms with Crippen LogP contribution in [0, 0.1) is 0 Å². The average Bonchev–Trinajstić information content (AvgIpc) is 2.82. The summed E-state index contributed by atoms with van der Waals surface area (Å²) in [7, 11) is 5.30. The number of ether oxygens (including phenoxy) is 2. The van der Waals surface area contributed by atoms with Gasteiger partial charge in [-0.05, 0) is 24.3 Å². The van der Waals surface area contributed by atoms with E-state index in [1.807, 2.05) is 53.6 Å². The Kier molecular flexibility index (Phi) is 6.04. The molecule has 1 aliphatic heterocycles. The number of hydrogen-bond donors (Lipinski definition) is 1. The molecule has 3 aromatic rings. The standard InChI is InChI=1S/C24H26N4O3/c1-27-16-23(17-5-4-8-25-15-17)26-22-13-18(6-7-24(22)27)28(9-10-29)19-11-20(30-2)14-21(12-19)31-3/h4-8,11-15,29H,9-10,16H2,1-3H3. The number of pyridine rings is 1. The van der Waals surface area contributed by atoms with Crippen LogP contribution in [0.3, 0.4) is 0 Å². The van der Waals surface area contributed by atoms with Crippen molar-refractivity contribution < 1.29 is 14.6 Å². The van der Waals surface area contributed by atoms with Gasteiger partial charge in [-0.1, -0.05) is 6.07 Å². The molecule has 0 unspecified atom stereocenters. The fourth-order valence-electron chi connectivity index (χ4n) is 3.73. The van der Waals surface area contributed by atoms with Crippen molar-refractivity contribution in [3.05, 3.63) is 66.5 Å². The minimum absolute atomic E-state index is 0.000710. The molecule has 0 aliphatic carbocycles. The number of aliphatic imine (C=N–C) groups is 1. The number of rotatable bonds is 7. The van der Waals surface area contributed by atoms with Gasteiger partial charge in [0, 0.05) is 61.1 Å². The third-order valence-electron chi connectivity index (χ3n) is 5.29. The predicted octanol–water partition coefficient (Wildman–Crippen LogP) is 3.80. The Labute approximate surface area is 182 Å². The Morgan fingerprint density at radius 1 is 1.03 bits per heavy atom. The van der Waals surface area contributed by atoms with Crippen LogP contribution < -0.4 is 19.3 Å². The van der Waals surface area contributed by atoms with E-state index in [1.165, 1.54) is 0 Å². The van der Waals surface area contributed by atoms with Crippen molar-refractivity contribution in [2.24, 2.45) is 4.99 Å². The number of anilines is 3. The molecule has 0 saturated heterocycles. The van der Waals surface area contributed by atoms with E-state index in [4.69, 9.17) is 14.5 Å². The summed E-state index contributed by atoms with van der Waals surface area (Å²) < 4.78 is 10.9. The maximum Gasteiger partial charge on any atom is 0.124 e. The number of aliphatic hydroxyl groups excluding tert-OH is 1. The molecule has 4 rings (SSSR count). The molecule has 0 atom stereocenters. The Balaban J connectivity index is 1.77. The number of hydrogen-bond acceptors (Lipinski definition) is 7. The summed E-state index contributed by atoms with van der Waals surface area (Å²) in [4.78, 5) is 13.4. The smallest absolute Gasteiger partial charge is 0.124 e. The molecule has 0 spiro atoms. The number of aromatic nitrogens is 1. The summed E-state index contributed by atoms with van der Waals surface area (Å²) in [6, 6.07) is 15.8. The van der Waals surface area contributed by atoms with Gasteiger partial charge in [0.1, 0.15) is 11.5 Å². The van der Waals surface area contributed by atoms with Gasteiger partial charge in [-0.15, -0.1) is 0 Å². The molecule has 0 saturated carbocycles. The number of likely N-dealkylation sites (N-methyl/N-ethyl adjacent to an activating group) is 1. The van der Waals surface area contributed by atoms with E-state index in [0.717, 1.165) is 34.0 Å². The van der Waals surface area contributed by atoms with Crippen LogP contribution in [0.15, 0.2) is 65.9 Å². The van der Waals surface area contributed by atoms with Crippen molar-refractivity contribution >= 4 is 28.5 Å². The van der Waals surface area contributed by atoms with Gasteiger partial charge in [0.25, 0.3) is 0 Å². The lowest BCUT2D eigenvalue weighted by atomic mass is 10.1. The minimum Gasteiger partial charge on any atom is -0.497 e. The van der Waals surface area contributed by atoms with Gasteiger partial charge < -0.3 is 24.4 Å². The highest BCUT2D eigenvalue weighted by molar-refractivity contribution is 6.07. The zero-order valence-electron chi connectivity index (χ0n) is 17.9. The number of fused-ring (bicyclic) bond motifs is 1. The number of benzene rings is 2. The van der Waals surface area contributed by atoms with E-state index in [-0.39, 0.29) is 6.61 Å². The monoisotopic (exact) mass is 418 g/mol. The first kappa shape index (κ1) is 20.7. The Morgan fingerprint density at radius 2 is 1.81 bits per heavy atom. The first-order valence-corrected chi connectivity index (χ1v) is 10.1. The van der Waals surface area contributed by atoms with Crippen LogP contribution in [0.2, 0.25) is 0 Å². The number of methoxy groups -OCH3 is 2. The van der Waals surface area contributed by atoms with Crippen LogP contribution in [0.5, 0.6) is 11.5 Å². The van der Waals surface area contributed by atoms with E-state index < -0.39 is 0 Å². The predicted molar refractivity (Wildman–Crippen MR) is 124 cm³/mol. The molecule has 160 valence electrons. The molecule has 7 nitrogen and oxygen atoms in total. The highest BCUT2D eigenvalue weighted by Crippen LogP contribution is 2.39. The second kappa shape index (κ2) is 9.06. The average molecular weight is 418 g/mol. The van der Waals surface area contributed by atoms with Crippen molar-refractivity contribution in [3.63, 3.8) is 0 Å². The lowest BCUT2D eigenvalue weighted by Gasteiger charge is -2.30. The molecule has 1 N–H and O–H groups in total. The van der Waals surface area contributed by atoms with E-state index in [1.54, 1.807) is 20.4 Å². The molecular formula is C24H26N4O3. The molecule has 31 heavy (non-hydrogen) atoms. The topological polar surface area (TPSA) is 70.4 Å². The summed E-state index contributed by atoms with van der Waals surface area (Å²) in [5.41, 5.74) is 5.71. The van der Waals surface area contributed by atoms with Gasteiger partial charge in [0.05, 0.1) is 44.5 Å². The largest absolute Gasteiger partial charge is 0.497 e. The fraction of sp³-hybridized carbons (Fsp3) is 0.250. The zero-order chi connectivity index (χ0) is 21.8. The highest BCUT2D eigenvalue weighted by Gasteiger charge is 2.20. The molecule has 2 aromatic carbocycles. The summed E-state index contributed by atoms with van der Waals surface area (Å²) in [5, 5.41) is 9.74. The van der Waals surface area contributed by atoms with Crippen molar-refractivity contribution in [1.82, 2.24) is 4.98 Å². The van der Waals surface area contributed by atoms with Crippen LogP contribution in [0.25, 0.3) is 0 Å². The van der Waals surface area contributed by atoms with Gasteiger partial charge in [-0.3, -0.25) is 4.98 Å². The van der Waals surface area contributed by atoms with Crippen molar-refractivity contribution in [2.45, 2.75) is 0 Å². The molecule has 0 bridgehead atoms. The normalized spacial score (nSPS) is 12.8. The number of nitrogens with zero attached hydrogens (tertiary/aromatic N) is 4. The lowest BCUT2D eigenvalue weighted by molar-refractivity contribution is 0.305. The fourth-order valence-corrected chi connectivity index (χ4v) is 3.73. The Hall–Kier alpha value is -3.58. The van der Waals surface area contributed by atoms with Gasteiger partial charge in [0.2, 0.25) is 0 Å². The summed E-state index contributed by atoms with van der Waals surface area (Å²) in [5.74, 6) is 1.37. The van der Waals surface area contributed by atoms with E-state index in [9.17, 15) is 5.11 Å². The van der Waals surface area contributed by atoms with Crippen molar-refractivity contribution in [2.75, 3.05) is 50.8 Å². The van der Waals surface area contributed by atoms with Gasteiger partial charge in [-0.25, -0.2) is 4.99 Å². The van der Waals surface area contributed by atoms with E-state index >= 15 is 0 Å². The van der Waals surface area contributed by atoms with Crippen LogP contribution >= 0.6 is 0 Å². The molecular weight excluding hydrogens is 392 g/mol. The van der Waals surface area contributed by atoms with E-state index in [2.05, 4.69) is 23.0 Å². The first-order valence-electron chi connectivity index (χ1n) is 10.1. The third-order valence-corrected chi connectivity index (χ3v) is 5.29. The Morgan fingerprint density at radius 3 is 2.45 bits per heavy atom. The minimum atomic E-state index is 0.000710. The SMILES string of the molecule is COc1cc(OC)cc(N(CCO)c2ccc3c(c2)N=C(c2cccnc2)CN3C)c1. The van der Waals surface area contributed by atoms with Crippen molar-refractivity contribution in [3.8, 4) is 11.5 Å². The van der Waals surface area contributed by atoms with Gasteiger partial charge in [0.15, 0.2) is 0 Å². The van der Waals surface area contributed by atoms with Crippen LogP contribution in [-0.2, 0) is 0 Å². The number of aliphatic hydroxyl groups is 1. The zero-order valence-corrected chi connectivity index (χ0v) is 17.9. The third kappa shape index (κ3) is 4.32. The van der Waals surface area contributed by atoms with Gasteiger partial charge in [-0.2, -0.15) is 0 Å². The molecule has 0 fully saturated rings. The van der Waals surface area contributed by atoms with Crippen molar-refractivity contribution in [1.29, 1.82) is 0 Å². The molecule has 7 heteroatoms. The quantitative estimate of drug-likeness (QED) is 0.629. The maximum absolute atomic E-state index is 9.74. The second-order valence-electron chi connectivity index (χ2n) is 7.28. The first-order chi connectivity index (χ1) is 15.1. The van der Waals surface area contributed by atoms with Crippen LogP contribution in [0.1, 0.15) is 5.56 Å². The summed E-state index contributed by atoms with van der Waals surface area (Å²) >= 11 is 0. The molecule has 1 aliphatic rings. The van der Waals surface area contributed by atoms with Gasteiger partial charge >= 0.3 is 0 Å². The molecule has 0 radical (unpaired) electrons. The molecule has 1 aromatic heterocycles. The van der Waals surface area contributed by atoms with Crippen LogP contribution in [0.4, 0.5) is 22.7 Å². The summed E-state index contributed by atoms with van der Waals surface area (Å²) in [6.07, 6.45) is 3.60. The molecule has 0 amide bonds. The Bertz CT molecular complexity index is 1060. The lowest BCUT2D eigenvalue weighted by Crippen LogP contribution is -2.29. The summed E-state index contributed by atoms with van der Waals surface area (Å²) in [6.45, 7) is 1.14. The second-order valence-corrected chi connectivity index (χ2v) is 7.28.